The molecule has 1 aromatic carbocycles. The van der Waals surface area contributed by atoms with Gasteiger partial charge >= 0.3 is 0 Å². The molecule has 0 spiro atoms. The second-order valence-electron chi connectivity index (χ2n) is 7.46. The summed E-state index contributed by atoms with van der Waals surface area (Å²) in [7, 11) is 0. The fraction of sp³-hybridized carbons (Fsp3) is 0.429. The molecule has 1 amide bonds. The Balaban J connectivity index is 2.26. The number of amides is 1. The Morgan fingerprint density at radius 1 is 1.21 bits per heavy atom. The van der Waals surface area contributed by atoms with Crippen molar-refractivity contribution >= 4 is 12.6 Å². The highest BCUT2D eigenvalue weighted by Crippen LogP contribution is 2.36. The van der Waals surface area contributed by atoms with Gasteiger partial charge in [-0.3, -0.25) is 4.79 Å². The number of aliphatic imine (C=N–C) groups is 1. The predicted molar refractivity (Wildman–Crippen MR) is 104 cm³/mol. The van der Waals surface area contributed by atoms with Crippen molar-refractivity contribution in [2.24, 2.45) is 4.99 Å². The van der Waals surface area contributed by atoms with E-state index in [2.05, 4.69) is 29.3 Å². The average Bonchev–Trinajstić information content (AvgIpc) is 3.37. The van der Waals surface area contributed by atoms with E-state index in [4.69, 9.17) is 0 Å². The van der Waals surface area contributed by atoms with Crippen LogP contribution in [0.1, 0.15) is 52.5 Å². The average molecular weight is 393 g/mol. The molecule has 2 rings (SSSR count). The lowest BCUT2D eigenvalue weighted by Crippen LogP contribution is -2.30. The van der Waals surface area contributed by atoms with Crippen molar-refractivity contribution in [2.45, 2.75) is 59.0 Å². The van der Waals surface area contributed by atoms with Crippen molar-refractivity contribution in [3.8, 4) is 0 Å². The zero-order valence-electron chi connectivity index (χ0n) is 16.7. The molecule has 1 fully saturated rings. The van der Waals surface area contributed by atoms with E-state index >= 15 is 0 Å². The van der Waals surface area contributed by atoms with Crippen LogP contribution in [0, 0.1) is 17.5 Å². The number of nitrogens with zero attached hydrogens (tertiary/aromatic N) is 1. The Kier molecular flexibility index (Phi) is 6.69. The van der Waals surface area contributed by atoms with E-state index < -0.39 is 23.4 Å². The van der Waals surface area contributed by atoms with Gasteiger partial charge in [-0.15, -0.1) is 0 Å². The Morgan fingerprint density at radius 3 is 2.21 bits per heavy atom. The summed E-state index contributed by atoms with van der Waals surface area (Å²) in [6, 6.07) is 1.73. The van der Waals surface area contributed by atoms with Gasteiger partial charge in [0.2, 0.25) is 0 Å². The molecule has 1 aromatic rings. The second-order valence-corrected chi connectivity index (χ2v) is 7.46. The molecule has 7 heteroatoms. The van der Waals surface area contributed by atoms with Gasteiger partial charge < -0.3 is 10.6 Å². The number of hydrogen-bond acceptors (Lipinski definition) is 3. The number of benzene rings is 1. The number of allylic oxidation sites excluding steroid dienone is 1. The van der Waals surface area contributed by atoms with Gasteiger partial charge in [0.25, 0.3) is 5.91 Å². The Bertz CT molecular complexity index is 827. The maximum absolute atomic E-state index is 13.4. The lowest BCUT2D eigenvalue weighted by Gasteiger charge is -2.20. The molecule has 0 saturated heterocycles. The normalized spacial score (nSPS) is 15.4. The number of hydrogen-bond donors (Lipinski definition) is 2. The highest BCUT2D eigenvalue weighted by molar-refractivity contribution is 5.98. The lowest BCUT2D eigenvalue weighted by atomic mass is 9.97. The Hall–Kier alpha value is -2.57. The van der Waals surface area contributed by atoms with Crippen molar-refractivity contribution in [2.75, 3.05) is 0 Å². The molecule has 0 aromatic heterocycles. The summed E-state index contributed by atoms with van der Waals surface area (Å²) < 4.78 is 39.8. The van der Waals surface area contributed by atoms with Crippen LogP contribution in [0.5, 0.6) is 0 Å². The van der Waals surface area contributed by atoms with Crippen LogP contribution in [0.4, 0.5) is 13.2 Å². The molecule has 0 bridgehead atoms. The third-order valence-corrected chi connectivity index (χ3v) is 4.74. The first-order valence-corrected chi connectivity index (χ1v) is 9.19. The predicted octanol–water partition coefficient (Wildman–Crippen LogP) is 4.52. The Labute approximate surface area is 163 Å². The third-order valence-electron chi connectivity index (χ3n) is 4.74. The van der Waals surface area contributed by atoms with E-state index in [-0.39, 0.29) is 17.6 Å². The van der Waals surface area contributed by atoms with Crippen molar-refractivity contribution in [1.82, 2.24) is 10.6 Å². The molecular weight excluding hydrogens is 367 g/mol. The van der Waals surface area contributed by atoms with Crippen molar-refractivity contribution in [3.63, 3.8) is 0 Å². The smallest absolute Gasteiger partial charge is 0.251 e. The van der Waals surface area contributed by atoms with Crippen molar-refractivity contribution in [3.05, 3.63) is 57.7 Å². The lowest BCUT2D eigenvalue weighted by molar-refractivity contribution is -0.117. The highest BCUT2D eigenvalue weighted by atomic mass is 19.2. The minimum absolute atomic E-state index is 0.0384. The summed E-state index contributed by atoms with van der Waals surface area (Å²) in [4.78, 5) is 16.9. The molecule has 4 nitrogen and oxygen atoms in total. The molecule has 0 atom stereocenters. The van der Waals surface area contributed by atoms with Gasteiger partial charge in [-0.25, -0.2) is 18.2 Å². The first-order valence-electron chi connectivity index (χ1n) is 9.19. The van der Waals surface area contributed by atoms with E-state index in [9.17, 15) is 18.0 Å². The Morgan fingerprint density at radius 2 is 1.79 bits per heavy atom. The van der Waals surface area contributed by atoms with Crippen LogP contribution in [0.2, 0.25) is 0 Å². The topological polar surface area (TPSA) is 53.5 Å². The fourth-order valence-electron chi connectivity index (χ4n) is 2.92. The van der Waals surface area contributed by atoms with Crippen LogP contribution in [0.3, 0.4) is 0 Å². The number of rotatable bonds is 8. The minimum atomic E-state index is -1.53. The summed E-state index contributed by atoms with van der Waals surface area (Å²) >= 11 is 0. The van der Waals surface area contributed by atoms with E-state index in [1.807, 2.05) is 6.92 Å². The number of halogens is 3. The molecule has 152 valence electrons. The minimum Gasteiger partial charge on any atom is -0.365 e. The third kappa shape index (κ3) is 5.03. The number of carbonyl (C=O) groups is 1. The van der Waals surface area contributed by atoms with Crippen LogP contribution >= 0.6 is 0 Å². The van der Waals surface area contributed by atoms with Gasteiger partial charge in [-0.2, -0.15) is 0 Å². The molecule has 1 aliphatic carbocycles. The molecule has 0 aliphatic heterocycles. The monoisotopic (exact) mass is 393 g/mol. The first kappa shape index (κ1) is 21.7. The summed E-state index contributed by atoms with van der Waals surface area (Å²) in [5.74, 6) is -3.95. The molecule has 28 heavy (non-hydrogen) atoms. The standard InChI is InChI=1S/C21H26F3N3O/c1-6-14(19(25-5)27-21(4)7-8-21)17(12(2)3)20(28)26-11-13-9-15(22)18(24)16(23)10-13/h9-10,27H,5-8,11H2,1-4H3,(H,26,28)/b19-14-. The van der Waals surface area contributed by atoms with Crippen LogP contribution in [-0.4, -0.2) is 18.2 Å². The van der Waals surface area contributed by atoms with Gasteiger partial charge in [0.1, 0.15) is 5.82 Å². The van der Waals surface area contributed by atoms with Crippen LogP contribution in [0.15, 0.2) is 39.7 Å². The van der Waals surface area contributed by atoms with Crippen molar-refractivity contribution in [1.29, 1.82) is 0 Å². The van der Waals surface area contributed by atoms with Crippen LogP contribution in [0.25, 0.3) is 0 Å². The summed E-state index contributed by atoms with van der Waals surface area (Å²) in [6.45, 7) is 11.1. The molecular formula is C21H26F3N3O. The summed E-state index contributed by atoms with van der Waals surface area (Å²) in [5.41, 5.74) is 2.03. The van der Waals surface area contributed by atoms with Gasteiger partial charge in [0, 0.05) is 23.2 Å². The second kappa shape index (κ2) is 8.63. The molecule has 1 saturated carbocycles. The molecule has 0 heterocycles. The molecule has 2 N–H and O–H groups in total. The molecule has 1 aliphatic rings. The van der Waals surface area contributed by atoms with Gasteiger partial charge in [-0.1, -0.05) is 12.5 Å². The number of nitrogens with one attached hydrogen (secondary N) is 2. The van der Waals surface area contributed by atoms with Gasteiger partial charge in [-0.05, 0) is 64.4 Å². The van der Waals surface area contributed by atoms with E-state index in [1.54, 1.807) is 13.8 Å². The maximum Gasteiger partial charge on any atom is 0.251 e. The van der Waals surface area contributed by atoms with E-state index in [0.29, 0.717) is 17.8 Å². The van der Waals surface area contributed by atoms with Gasteiger partial charge in [0.05, 0.1) is 0 Å². The van der Waals surface area contributed by atoms with Crippen LogP contribution < -0.4 is 10.6 Å². The zero-order chi connectivity index (χ0) is 21.1. The van der Waals surface area contributed by atoms with Gasteiger partial charge in [0.15, 0.2) is 17.5 Å². The fourth-order valence-corrected chi connectivity index (χ4v) is 2.92. The summed E-state index contributed by atoms with van der Waals surface area (Å²) in [5, 5.41) is 6.00. The number of carbonyl (C=O) groups excluding carboxylic acids is 1. The largest absolute Gasteiger partial charge is 0.365 e. The highest BCUT2D eigenvalue weighted by Gasteiger charge is 2.38. The zero-order valence-corrected chi connectivity index (χ0v) is 16.7. The molecule has 0 radical (unpaired) electrons. The maximum atomic E-state index is 13.4. The first-order chi connectivity index (χ1) is 13.1. The van der Waals surface area contributed by atoms with Crippen molar-refractivity contribution < 1.29 is 18.0 Å². The SMILES string of the molecule is C=N/C(NC1(C)CC1)=C(\CC)C(C(=O)NCc1cc(F)c(F)c(F)c1)=C(C)C. The van der Waals surface area contributed by atoms with Crippen LogP contribution in [-0.2, 0) is 11.3 Å². The molecule has 0 unspecified atom stereocenters. The summed E-state index contributed by atoms with van der Waals surface area (Å²) in [6.07, 6.45) is 2.58. The van der Waals surface area contributed by atoms with E-state index in [0.717, 1.165) is 36.1 Å². The quantitative estimate of drug-likeness (QED) is 0.295. The van der Waals surface area contributed by atoms with E-state index in [1.165, 1.54) is 0 Å².